The number of nitrogens with zero attached hydrogens (tertiary/aromatic N) is 2. The average Bonchev–Trinajstić information content (AvgIpc) is 2.47. The first-order valence-corrected chi connectivity index (χ1v) is 7.36. The van der Waals surface area contributed by atoms with Crippen LogP contribution in [0.3, 0.4) is 0 Å². The molecule has 0 saturated carbocycles. The highest BCUT2D eigenvalue weighted by molar-refractivity contribution is 7.89. The van der Waals surface area contributed by atoms with Crippen molar-refractivity contribution in [2.24, 2.45) is 0 Å². The minimum atomic E-state index is -4.16. The summed E-state index contributed by atoms with van der Waals surface area (Å²) in [6.07, 6.45) is -1.28. The van der Waals surface area contributed by atoms with Crippen LogP contribution in [0.5, 0.6) is 0 Å². The molecule has 1 N–H and O–H groups in total. The molecule has 0 radical (unpaired) electrons. The van der Waals surface area contributed by atoms with Crippen molar-refractivity contribution in [1.29, 1.82) is 0 Å². The number of morpholine rings is 1. The summed E-state index contributed by atoms with van der Waals surface area (Å²) in [5.41, 5.74) is -0.545. The smallest absolute Gasteiger partial charge is 0.334 e. The lowest BCUT2D eigenvalue weighted by Crippen LogP contribution is -2.48. The van der Waals surface area contributed by atoms with E-state index in [1.54, 1.807) is 0 Å². The number of nitro groups is 1. The van der Waals surface area contributed by atoms with Gasteiger partial charge in [0.25, 0.3) is 5.69 Å². The number of hydrogen-bond acceptors (Lipinski definition) is 6. The van der Waals surface area contributed by atoms with Crippen molar-refractivity contribution < 1.29 is 28.0 Å². The summed E-state index contributed by atoms with van der Waals surface area (Å²) in [6.45, 7) is -0.529. The van der Waals surface area contributed by atoms with Crippen molar-refractivity contribution in [3.63, 3.8) is 0 Å². The van der Waals surface area contributed by atoms with E-state index in [0.29, 0.717) is 0 Å². The second-order valence-electron chi connectivity index (χ2n) is 4.29. The topological polar surface area (TPSA) is 127 Å². The molecule has 0 spiro atoms. The van der Waals surface area contributed by atoms with Crippen LogP contribution in [-0.4, -0.2) is 54.5 Å². The molecule has 114 valence electrons. The number of carbonyl (C=O) groups is 1. The van der Waals surface area contributed by atoms with E-state index in [-0.39, 0.29) is 19.7 Å². The molecule has 10 heteroatoms. The van der Waals surface area contributed by atoms with Gasteiger partial charge in [0.2, 0.25) is 10.0 Å². The third kappa shape index (κ3) is 3.01. The van der Waals surface area contributed by atoms with E-state index in [0.717, 1.165) is 16.4 Å². The van der Waals surface area contributed by atoms with Gasteiger partial charge in [-0.3, -0.25) is 10.1 Å². The van der Waals surface area contributed by atoms with E-state index in [4.69, 9.17) is 9.84 Å². The fourth-order valence-electron chi connectivity index (χ4n) is 1.96. The van der Waals surface area contributed by atoms with Gasteiger partial charge in [-0.25, -0.2) is 13.2 Å². The summed E-state index contributed by atoms with van der Waals surface area (Å²) in [6, 6.07) is 4.94. The number of para-hydroxylation sites is 1. The van der Waals surface area contributed by atoms with Crippen LogP contribution in [0.2, 0.25) is 0 Å². The number of aliphatic carboxylic acids is 1. The Morgan fingerprint density at radius 1 is 1.43 bits per heavy atom. The van der Waals surface area contributed by atoms with Gasteiger partial charge in [0.1, 0.15) is 0 Å². The molecule has 2 rings (SSSR count). The molecular weight excluding hydrogens is 304 g/mol. The van der Waals surface area contributed by atoms with Crippen LogP contribution in [0, 0.1) is 10.1 Å². The SMILES string of the molecule is O=C(O)C1CN(S(=O)(=O)c2ccccc2[N+](=O)[O-])CCO1. The van der Waals surface area contributed by atoms with E-state index in [2.05, 4.69) is 0 Å². The Morgan fingerprint density at radius 3 is 2.71 bits per heavy atom. The van der Waals surface area contributed by atoms with Crippen molar-refractivity contribution in [2.75, 3.05) is 19.7 Å². The van der Waals surface area contributed by atoms with Crippen LogP contribution in [0.15, 0.2) is 29.2 Å². The van der Waals surface area contributed by atoms with E-state index >= 15 is 0 Å². The molecule has 1 unspecified atom stereocenters. The number of benzene rings is 1. The second-order valence-corrected chi connectivity index (χ2v) is 6.19. The summed E-state index contributed by atoms with van der Waals surface area (Å²) in [7, 11) is -4.16. The molecular formula is C11H12N2O7S. The zero-order valence-corrected chi connectivity index (χ0v) is 11.5. The Labute approximate surface area is 119 Å². The zero-order valence-electron chi connectivity index (χ0n) is 10.7. The minimum absolute atomic E-state index is 0.0574. The molecule has 1 aromatic carbocycles. The predicted molar refractivity (Wildman–Crippen MR) is 69.2 cm³/mol. The van der Waals surface area contributed by atoms with Crippen molar-refractivity contribution in [3.8, 4) is 0 Å². The molecule has 9 nitrogen and oxygen atoms in total. The van der Waals surface area contributed by atoms with Gasteiger partial charge in [-0.2, -0.15) is 4.31 Å². The van der Waals surface area contributed by atoms with Crippen molar-refractivity contribution in [2.45, 2.75) is 11.0 Å². The third-order valence-corrected chi connectivity index (χ3v) is 4.90. The Hall–Kier alpha value is -2.04. The summed E-state index contributed by atoms with van der Waals surface area (Å²) < 4.78 is 30.7. The number of rotatable bonds is 4. The Bertz CT molecular complexity index is 673. The second kappa shape index (κ2) is 5.76. The van der Waals surface area contributed by atoms with Gasteiger partial charge >= 0.3 is 5.97 Å². The number of carboxylic acid groups (broad SMARTS) is 1. The normalized spacial score (nSPS) is 20.1. The standard InChI is InChI=1S/C11H12N2O7S/c14-11(15)9-7-12(5-6-20-9)21(18,19)10-4-2-1-3-8(10)13(16)17/h1-4,9H,5-7H2,(H,14,15). The van der Waals surface area contributed by atoms with Crippen molar-refractivity contribution in [3.05, 3.63) is 34.4 Å². The maximum absolute atomic E-state index is 12.5. The first kappa shape index (κ1) is 15.4. The molecule has 1 heterocycles. The largest absolute Gasteiger partial charge is 0.479 e. The summed E-state index contributed by atoms with van der Waals surface area (Å²) in [5, 5.41) is 19.8. The number of ether oxygens (including phenoxy) is 1. The van der Waals surface area contributed by atoms with Gasteiger partial charge < -0.3 is 9.84 Å². The Kier molecular flexibility index (Phi) is 4.21. The fraction of sp³-hybridized carbons (Fsp3) is 0.364. The van der Waals surface area contributed by atoms with E-state index in [9.17, 15) is 23.3 Å². The molecule has 21 heavy (non-hydrogen) atoms. The van der Waals surface area contributed by atoms with Gasteiger partial charge in [-0.05, 0) is 6.07 Å². The summed E-state index contributed by atoms with van der Waals surface area (Å²) in [4.78, 5) is 20.6. The minimum Gasteiger partial charge on any atom is -0.479 e. The number of carboxylic acids is 1. The average molecular weight is 316 g/mol. The summed E-state index contributed by atoms with van der Waals surface area (Å²) in [5.74, 6) is -1.28. The van der Waals surface area contributed by atoms with Crippen LogP contribution >= 0.6 is 0 Å². The molecule has 1 aromatic rings. The maximum atomic E-state index is 12.5. The Morgan fingerprint density at radius 2 is 2.10 bits per heavy atom. The van der Waals surface area contributed by atoms with Gasteiger partial charge in [0.05, 0.1) is 18.1 Å². The fourth-order valence-corrected chi connectivity index (χ4v) is 3.54. The summed E-state index contributed by atoms with van der Waals surface area (Å²) >= 11 is 0. The predicted octanol–water partition coefficient (Wildman–Crippen LogP) is 0.0689. The molecule has 0 bridgehead atoms. The highest BCUT2D eigenvalue weighted by Crippen LogP contribution is 2.27. The van der Waals surface area contributed by atoms with Crippen LogP contribution in [0.1, 0.15) is 0 Å². The van der Waals surface area contributed by atoms with E-state index in [1.165, 1.54) is 12.1 Å². The number of hydrogen-bond donors (Lipinski definition) is 1. The molecule has 1 fully saturated rings. The number of nitro benzene ring substituents is 1. The molecule has 1 aliphatic rings. The molecule has 1 saturated heterocycles. The van der Waals surface area contributed by atoms with Gasteiger partial charge in [-0.15, -0.1) is 0 Å². The molecule has 0 aromatic heterocycles. The lowest BCUT2D eigenvalue weighted by molar-refractivity contribution is -0.387. The lowest BCUT2D eigenvalue weighted by atomic mass is 10.3. The van der Waals surface area contributed by atoms with E-state index in [1.807, 2.05) is 0 Å². The van der Waals surface area contributed by atoms with Crippen molar-refractivity contribution in [1.82, 2.24) is 4.31 Å². The van der Waals surface area contributed by atoms with Gasteiger partial charge in [0.15, 0.2) is 11.0 Å². The zero-order chi connectivity index (χ0) is 15.6. The third-order valence-electron chi connectivity index (χ3n) is 2.98. The highest BCUT2D eigenvalue weighted by atomic mass is 32.2. The van der Waals surface area contributed by atoms with Gasteiger partial charge in [0, 0.05) is 12.6 Å². The quantitative estimate of drug-likeness (QED) is 0.615. The van der Waals surface area contributed by atoms with Gasteiger partial charge in [-0.1, -0.05) is 12.1 Å². The van der Waals surface area contributed by atoms with Crippen LogP contribution in [0.4, 0.5) is 5.69 Å². The van der Waals surface area contributed by atoms with E-state index < -0.39 is 37.6 Å². The monoisotopic (exact) mass is 316 g/mol. The highest BCUT2D eigenvalue weighted by Gasteiger charge is 2.37. The first-order valence-electron chi connectivity index (χ1n) is 5.92. The van der Waals surface area contributed by atoms with Crippen molar-refractivity contribution >= 4 is 21.7 Å². The van der Waals surface area contributed by atoms with Crippen LogP contribution in [0.25, 0.3) is 0 Å². The molecule has 0 aliphatic carbocycles. The number of sulfonamides is 1. The molecule has 0 amide bonds. The van der Waals surface area contributed by atoms with Crippen LogP contribution in [-0.2, 0) is 19.6 Å². The Balaban J connectivity index is 2.38. The molecule has 1 aliphatic heterocycles. The molecule has 1 atom stereocenters. The maximum Gasteiger partial charge on any atom is 0.334 e. The van der Waals surface area contributed by atoms with Crippen LogP contribution < -0.4 is 0 Å². The first-order chi connectivity index (χ1) is 9.84. The lowest BCUT2D eigenvalue weighted by Gasteiger charge is -2.29.